The summed E-state index contributed by atoms with van der Waals surface area (Å²) in [5.41, 5.74) is 1.37. The van der Waals surface area contributed by atoms with E-state index in [2.05, 4.69) is 60.7 Å². The molecule has 32 heavy (non-hydrogen) atoms. The number of nitrogens with one attached hydrogen (secondary N) is 2. The van der Waals surface area contributed by atoms with Gasteiger partial charge in [-0.05, 0) is 44.3 Å². The Labute approximate surface area is 193 Å². The van der Waals surface area contributed by atoms with Crippen molar-refractivity contribution in [3.63, 3.8) is 0 Å². The largest absolute Gasteiger partial charge is 0.355 e. The van der Waals surface area contributed by atoms with Gasteiger partial charge in [0.1, 0.15) is 0 Å². The Morgan fingerprint density at radius 3 is 2.34 bits per heavy atom. The van der Waals surface area contributed by atoms with Crippen molar-refractivity contribution in [3.05, 3.63) is 35.9 Å². The first-order valence-electron chi connectivity index (χ1n) is 12.5. The fraction of sp³-hybridized carbons (Fsp3) is 0.680. The van der Waals surface area contributed by atoms with E-state index in [4.69, 9.17) is 0 Å². The zero-order chi connectivity index (χ0) is 22.2. The van der Waals surface area contributed by atoms with Gasteiger partial charge in [-0.3, -0.25) is 19.6 Å². The molecule has 3 fully saturated rings. The van der Waals surface area contributed by atoms with Gasteiger partial charge in [0.25, 0.3) is 0 Å². The Morgan fingerprint density at radius 1 is 1.00 bits per heavy atom. The SMILES string of the molecule is CN=C(NCCN1CCN(C(=O)C2CCC2)CC1)NCC(c1ccccc1)N1CCCC1. The van der Waals surface area contributed by atoms with E-state index in [-0.39, 0.29) is 0 Å². The highest BCUT2D eigenvalue weighted by Crippen LogP contribution is 2.28. The first-order valence-corrected chi connectivity index (χ1v) is 12.5. The smallest absolute Gasteiger partial charge is 0.225 e. The fourth-order valence-corrected chi connectivity index (χ4v) is 5.04. The molecule has 0 aromatic heterocycles. The summed E-state index contributed by atoms with van der Waals surface area (Å²) in [7, 11) is 1.84. The van der Waals surface area contributed by atoms with Crippen molar-refractivity contribution in [1.82, 2.24) is 25.3 Å². The fourth-order valence-electron chi connectivity index (χ4n) is 5.04. The summed E-state index contributed by atoms with van der Waals surface area (Å²) in [6.07, 6.45) is 5.99. The van der Waals surface area contributed by atoms with Crippen molar-refractivity contribution in [2.75, 3.05) is 66.0 Å². The van der Waals surface area contributed by atoms with Gasteiger partial charge in [-0.1, -0.05) is 36.8 Å². The number of nitrogens with zero attached hydrogens (tertiary/aromatic N) is 4. The van der Waals surface area contributed by atoms with Gasteiger partial charge in [-0.25, -0.2) is 0 Å². The number of guanidine groups is 1. The number of benzene rings is 1. The van der Waals surface area contributed by atoms with Crippen LogP contribution < -0.4 is 10.6 Å². The standard InChI is InChI=1S/C25H40N6O/c1-26-25(28-20-23(30-13-5-6-14-30)21-8-3-2-4-9-21)27-12-15-29-16-18-31(19-17-29)24(32)22-10-7-11-22/h2-4,8-9,22-23H,5-7,10-20H2,1H3,(H2,26,27,28). The normalized spacial score (nSPS) is 21.9. The van der Waals surface area contributed by atoms with Crippen LogP contribution in [-0.2, 0) is 4.79 Å². The molecule has 2 saturated heterocycles. The molecule has 0 spiro atoms. The molecular weight excluding hydrogens is 400 g/mol. The third kappa shape index (κ3) is 6.01. The summed E-state index contributed by atoms with van der Waals surface area (Å²) in [5, 5.41) is 7.04. The summed E-state index contributed by atoms with van der Waals surface area (Å²) in [5.74, 6) is 1.58. The minimum Gasteiger partial charge on any atom is -0.355 e. The van der Waals surface area contributed by atoms with Crippen LogP contribution in [0.4, 0.5) is 0 Å². The van der Waals surface area contributed by atoms with Gasteiger partial charge in [-0.15, -0.1) is 0 Å². The Bertz CT molecular complexity index is 736. The Morgan fingerprint density at radius 2 is 1.72 bits per heavy atom. The third-order valence-electron chi connectivity index (χ3n) is 7.31. The quantitative estimate of drug-likeness (QED) is 0.478. The highest BCUT2D eigenvalue weighted by atomic mass is 16.2. The van der Waals surface area contributed by atoms with Crippen molar-refractivity contribution < 1.29 is 4.79 Å². The Kier molecular flexibility index (Phi) is 8.40. The van der Waals surface area contributed by atoms with Crippen LogP contribution >= 0.6 is 0 Å². The number of hydrogen-bond donors (Lipinski definition) is 2. The van der Waals surface area contributed by atoms with E-state index in [1.807, 2.05) is 7.05 Å². The maximum atomic E-state index is 12.4. The lowest BCUT2D eigenvalue weighted by Crippen LogP contribution is -2.52. The number of piperazine rings is 1. The lowest BCUT2D eigenvalue weighted by Gasteiger charge is -2.38. The van der Waals surface area contributed by atoms with Gasteiger partial charge >= 0.3 is 0 Å². The molecule has 0 bridgehead atoms. The molecule has 2 heterocycles. The molecular formula is C25H40N6O. The Hall–Kier alpha value is -2.12. The number of carbonyl (C=O) groups excluding carboxylic acids is 1. The summed E-state index contributed by atoms with van der Waals surface area (Å²) in [4.78, 5) is 24.0. The second-order valence-corrected chi connectivity index (χ2v) is 9.34. The molecule has 1 aliphatic carbocycles. The molecule has 1 aromatic rings. The highest BCUT2D eigenvalue weighted by Gasteiger charge is 2.31. The van der Waals surface area contributed by atoms with Gasteiger partial charge in [0.05, 0.1) is 6.04 Å². The van der Waals surface area contributed by atoms with Crippen molar-refractivity contribution in [1.29, 1.82) is 0 Å². The lowest BCUT2D eigenvalue weighted by atomic mass is 9.84. The first kappa shape index (κ1) is 23.1. The molecule has 1 atom stereocenters. The zero-order valence-corrected chi connectivity index (χ0v) is 19.6. The predicted octanol–water partition coefficient (Wildman–Crippen LogP) is 1.93. The summed E-state index contributed by atoms with van der Waals surface area (Å²) in [6.45, 7) is 8.70. The molecule has 4 rings (SSSR count). The van der Waals surface area contributed by atoms with Gasteiger partial charge in [-0.2, -0.15) is 0 Å². The Balaban J connectivity index is 1.18. The molecule has 7 nitrogen and oxygen atoms in total. The van der Waals surface area contributed by atoms with Crippen LogP contribution in [0.1, 0.15) is 43.7 Å². The van der Waals surface area contributed by atoms with Gasteiger partial charge in [0, 0.05) is 58.8 Å². The number of rotatable bonds is 8. The third-order valence-corrected chi connectivity index (χ3v) is 7.31. The maximum Gasteiger partial charge on any atom is 0.225 e. The second kappa shape index (κ2) is 11.7. The van der Waals surface area contributed by atoms with Crippen molar-refractivity contribution >= 4 is 11.9 Å². The van der Waals surface area contributed by atoms with E-state index >= 15 is 0 Å². The minimum atomic E-state index is 0.317. The van der Waals surface area contributed by atoms with Crippen LogP contribution in [0.5, 0.6) is 0 Å². The molecule has 1 amide bonds. The number of hydrogen-bond acceptors (Lipinski definition) is 4. The molecule has 176 valence electrons. The highest BCUT2D eigenvalue weighted by molar-refractivity contribution is 5.80. The van der Waals surface area contributed by atoms with Crippen LogP contribution in [0, 0.1) is 5.92 Å². The number of amides is 1. The van der Waals surface area contributed by atoms with Crippen molar-refractivity contribution in [2.45, 2.75) is 38.1 Å². The zero-order valence-electron chi connectivity index (χ0n) is 19.6. The topological polar surface area (TPSA) is 63.2 Å². The maximum absolute atomic E-state index is 12.4. The lowest BCUT2D eigenvalue weighted by molar-refractivity contribution is -0.139. The monoisotopic (exact) mass is 440 g/mol. The molecule has 1 saturated carbocycles. The van der Waals surface area contributed by atoms with E-state index < -0.39 is 0 Å². The first-order chi connectivity index (χ1) is 15.7. The minimum absolute atomic E-state index is 0.317. The molecule has 3 aliphatic rings. The van der Waals surface area contributed by atoms with Crippen molar-refractivity contribution in [3.8, 4) is 0 Å². The van der Waals surface area contributed by atoms with Crippen LogP contribution in [-0.4, -0.2) is 92.5 Å². The summed E-state index contributed by atoms with van der Waals surface area (Å²) in [6, 6.07) is 11.2. The van der Waals surface area contributed by atoms with E-state index in [9.17, 15) is 4.79 Å². The molecule has 2 aliphatic heterocycles. The van der Waals surface area contributed by atoms with Crippen LogP contribution in [0.3, 0.4) is 0 Å². The number of aliphatic imine (C=N–C) groups is 1. The van der Waals surface area contributed by atoms with E-state index in [1.165, 1.54) is 37.9 Å². The molecule has 2 N–H and O–H groups in total. The number of carbonyl (C=O) groups is 1. The molecule has 0 radical (unpaired) electrons. The van der Waals surface area contributed by atoms with Crippen molar-refractivity contribution in [2.24, 2.45) is 10.9 Å². The number of likely N-dealkylation sites (tertiary alicyclic amines) is 1. The van der Waals surface area contributed by atoms with Crippen LogP contribution in [0.2, 0.25) is 0 Å². The predicted molar refractivity (Wildman–Crippen MR) is 130 cm³/mol. The van der Waals surface area contributed by atoms with Gasteiger partial charge in [0.2, 0.25) is 5.91 Å². The molecule has 7 heteroatoms. The average molecular weight is 441 g/mol. The van der Waals surface area contributed by atoms with E-state index in [0.717, 1.165) is 64.6 Å². The second-order valence-electron chi connectivity index (χ2n) is 9.34. The van der Waals surface area contributed by atoms with Gasteiger partial charge in [0.15, 0.2) is 5.96 Å². The summed E-state index contributed by atoms with van der Waals surface area (Å²) >= 11 is 0. The van der Waals surface area contributed by atoms with Crippen LogP contribution in [0.15, 0.2) is 35.3 Å². The van der Waals surface area contributed by atoms with Crippen LogP contribution in [0.25, 0.3) is 0 Å². The molecule has 1 aromatic carbocycles. The van der Waals surface area contributed by atoms with Gasteiger partial charge < -0.3 is 15.5 Å². The molecule has 1 unspecified atom stereocenters. The average Bonchev–Trinajstić information content (AvgIpc) is 3.32. The van der Waals surface area contributed by atoms with E-state index in [0.29, 0.717) is 17.9 Å². The van der Waals surface area contributed by atoms with E-state index in [1.54, 1.807) is 0 Å². The summed E-state index contributed by atoms with van der Waals surface area (Å²) < 4.78 is 0.